The van der Waals surface area contributed by atoms with E-state index in [0.717, 1.165) is 5.39 Å². The van der Waals surface area contributed by atoms with Crippen molar-refractivity contribution in [3.8, 4) is 0 Å². The average Bonchev–Trinajstić information content (AvgIpc) is 2.86. The molecule has 114 valence electrons. The van der Waals surface area contributed by atoms with Crippen molar-refractivity contribution in [2.24, 2.45) is 0 Å². The Morgan fingerprint density at radius 2 is 1.82 bits per heavy atom. The highest BCUT2D eigenvalue weighted by Crippen LogP contribution is 2.23. The number of para-hydroxylation sites is 1. The highest BCUT2D eigenvalue weighted by atomic mass is 16.4. The number of carboxylic acid groups (broad SMARTS) is 1. The Kier molecular flexibility index (Phi) is 4.78. The number of carbonyl (C=O) groups excluding carboxylic acids is 1. The second kappa shape index (κ2) is 6.76. The quantitative estimate of drug-likeness (QED) is 0.772. The van der Waals surface area contributed by atoms with Crippen LogP contribution in [0.1, 0.15) is 16.1 Å². The number of hydrogen-bond donors (Lipinski definition) is 2. The molecule has 1 aromatic heterocycles. The summed E-state index contributed by atoms with van der Waals surface area (Å²) in [5, 5.41) is 10.1. The van der Waals surface area contributed by atoms with E-state index in [2.05, 4.69) is 18.1 Å². The Labute approximate surface area is 128 Å². The number of nitrogens with zero attached hydrogens (tertiary/aromatic N) is 1. The maximum absolute atomic E-state index is 12.4. The first kappa shape index (κ1) is 15.6. The maximum atomic E-state index is 12.4. The van der Waals surface area contributed by atoms with Crippen LogP contribution in [0.5, 0.6) is 0 Å². The summed E-state index contributed by atoms with van der Waals surface area (Å²) < 4.78 is 0. The van der Waals surface area contributed by atoms with Crippen LogP contribution in [0.15, 0.2) is 49.6 Å². The van der Waals surface area contributed by atoms with Gasteiger partial charge in [-0.15, -0.1) is 13.2 Å². The van der Waals surface area contributed by atoms with Crippen LogP contribution in [0.25, 0.3) is 10.9 Å². The molecule has 0 aliphatic carbocycles. The highest BCUT2D eigenvalue weighted by Gasteiger charge is 2.21. The van der Waals surface area contributed by atoms with E-state index in [0.29, 0.717) is 24.2 Å². The number of H-pyrrole nitrogens is 1. The molecule has 0 aliphatic heterocycles. The lowest BCUT2D eigenvalue weighted by molar-refractivity contribution is -0.129. The summed E-state index contributed by atoms with van der Waals surface area (Å²) in [6.07, 6.45) is 3.29. The first-order valence-corrected chi connectivity index (χ1v) is 6.91. The SMILES string of the molecule is C=CCN(CC=C)C(=O)Cc1c(C(=O)O)[nH]c2ccccc12. The van der Waals surface area contributed by atoms with Crippen LogP contribution in [-0.4, -0.2) is 40.0 Å². The summed E-state index contributed by atoms with van der Waals surface area (Å²) in [5.41, 5.74) is 1.28. The van der Waals surface area contributed by atoms with E-state index in [1.807, 2.05) is 18.2 Å². The van der Waals surface area contributed by atoms with Crippen LogP contribution >= 0.6 is 0 Å². The van der Waals surface area contributed by atoms with Crippen LogP contribution in [0.3, 0.4) is 0 Å². The Morgan fingerprint density at radius 3 is 2.41 bits per heavy atom. The number of aromatic amines is 1. The third-order valence-electron chi connectivity index (χ3n) is 3.41. The second-order valence-corrected chi connectivity index (χ2v) is 4.88. The largest absolute Gasteiger partial charge is 0.477 e. The Balaban J connectivity index is 2.39. The minimum absolute atomic E-state index is 0.0212. The fourth-order valence-corrected chi connectivity index (χ4v) is 2.42. The van der Waals surface area contributed by atoms with Gasteiger partial charge in [-0.2, -0.15) is 0 Å². The highest BCUT2D eigenvalue weighted by molar-refractivity contribution is 6.00. The number of aromatic carboxylic acids is 1. The van der Waals surface area contributed by atoms with Gasteiger partial charge in [-0.1, -0.05) is 30.4 Å². The predicted octanol–water partition coefficient (Wildman–Crippen LogP) is 2.61. The van der Waals surface area contributed by atoms with Gasteiger partial charge in [0.2, 0.25) is 5.91 Å². The molecule has 2 N–H and O–H groups in total. The maximum Gasteiger partial charge on any atom is 0.352 e. The van der Waals surface area contributed by atoms with E-state index in [4.69, 9.17) is 0 Å². The van der Waals surface area contributed by atoms with Gasteiger partial charge in [-0.25, -0.2) is 4.79 Å². The summed E-state index contributed by atoms with van der Waals surface area (Å²) in [6.45, 7) is 8.06. The van der Waals surface area contributed by atoms with Crippen LogP contribution in [0, 0.1) is 0 Å². The molecular formula is C17H18N2O3. The summed E-state index contributed by atoms with van der Waals surface area (Å²) in [5.74, 6) is -1.23. The molecular weight excluding hydrogens is 280 g/mol. The summed E-state index contributed by atoms with van der Waals surface area (Å²) >= 11 is 0. The lowest BCUT2D eigenvalue weighted by Crippen LogP contribution is -2.32. The van der Waals surface area contributed by atoms with Crippen molar-refractivity contribution >= 4 is 22.8 Å². The monoisotopic (exact) mass is 298 g/mol. The minimum Gasteiger partial charge on any atom is -0.477 e. The standard InChI is InChI=1S/C17H18N2O3/c1-3-9-19(10-4-2)15(20)11-13-12-7-5-6-8-14(12)18-16(13)17(21)22/h3-8,18H,1-2,9-11H2,(H,21,22). The van der Waals surface area contributed by atoms with E-state index < -0.39 is 5.97 Å². The molecule has 0 atom stereocenters. The Morgan fingerprint density at radius 1 is 1.18 bits per heavy atom. The van der Waals surface area contributed by atoms with Crippen LogP contribution in [-0.2, 0) is 11.2 Å². The predicted molar refractivity (Wildman–Crippen MR) is 85.9 cm³/mol. The third-order valence-corrected chi connectivity index (χ3v) is 3.41. The molecule has 2 rings (SSSR count). The first-order chi connectivity index (χ1) is 10.6. The van der Waals surface area contributed by atoms with Gasteiger partial charge in [0.25, 0.3) is 0 Å². The Hall–Kier alpha value is -2.82. The molecule has 0 radical (unpaired) electrons. The number of benzene rings is 1. The lowest BCUT2D eigenvalue weighted by atomic mass is 10.1. The number of carboxylic acids is 1. The van der Waals surface area contributed by atoms with Crippen LogP contribution in [0.4, 0.5) is 0 Å². The summed E-state index contributed by atoms with van der Waals surface area (Å²) in [6, 6.07) is 7.24. The lowest BCUT2D eigenvalue weighted by Gasteiger charge is -2.19. The molecule has 22 heavy (non-hydrogen) atoms. The van der Waals surface area contributed by atoms with Gasteiger partial charge in [0.05, 0.1) is 6.42 Å². The van der Waals surface area contributed by atoms with Gasteiger partial charge in [0, 0.05) is 29.6 Å². The molecule has 1 heterocycles. The molecule has 1 amide bonds. The van der Waals surface area contributed by atoms with Crippen LogP contribution in [0.2, 0.25) is 0 Å². The fraction of sp³-hybridized carbons (Fsp3) is 0.176. The number of amides is 1. The summed E-state index contributed by atoms with van der Waals surface area (Å²) in [7, 11) is 0. The Bertz CT molecular complexity index is 721. The van der Waals surface area contributed by atoms with Crippen molar-refractivity contribution < 1.29 is 14.7 Å². The molecule has 5 heteroatoms. The molecule has 5 nitrogen and oxygen atoms in total. The van der Waals surface area contributed by atoms with E-state index in [-0.39, 0.29) is 18.0 Å². The number of fused-ring (bicyclic) bond motifs is 1. The molecule has 0 unspecified atom stereocenters. The molecule has 0 bridgehead atoms. The molecule has 1 aromatic carbocycles. The van der Waals surface area contributed by atoms with Gasteiger partial charge in [0.1, 0.15) is 5.69 Å². The number of nitrogens with one attached hydrogen (secondary N) is 1. The number of aromatic nitrogens is 1. The zero-order valence-corrected chi connectivity index (χ0v) is 12.2. The zero-order valence-electron chi connectivity index (χ0n) is 12.2. The van der Waals surface area contributed by atoms with Crippen molar-refractivity contribution in [3.05, 3.63) is 60.8 Å². The second-order valence-electron chi connectivity index (χ2n) is 4.88. The normalized spacial score (nSPS) is 10.4. The molecule has 2 aromatic rings. The fourth-order valence-electron chi connectivity index (χ4n) is 2.42. The van der Waals surface area contributed by atoms with E-state index in [9.17, 15) is 14.7 Å². The smallest absolute Gasteiger partial charge is 0.352 e. The number of rotatable bonds is 7. The zero-order chi connectivity index (χ0) is 16.1. The van der Waals surface area contributed by atoms with Crippen molar-refractivity contribution in [2.75, 3.05) is 13.1 Å². The summed E-state index contributed by atoms with van der Waals surface area (Å²) in [4.78, 5) is 28.3. The van der Waals surface area contributed by atoms with Gasteiger partial charge in [0.15, 0.2) is 0 Å². The van der Waals surface area contributed by atoms with Gasteiger partial charge < -0.3 is 15.0 Å². The van der Waals surface area contributed by atoms with Gasteiger partial charge in [-0.3, -0.25) is 4.79 Å². The minimum atomic E-state index is -1.07. The van der Waals surface area contributed by atoms with Gasteiger partial charge >= 0.3 is 5.97 Å². The number of hydrogen-bond acceptors (Lipinski definition) is 2. The molecule has 0 aliphatic rings. The van der Waals surface area contributed by atoms with E-state index in [1.165, 1.54) is 0 Å². The van der Waals surface area contributed by atoms with Crippen molar-refractivity contribution in [3.63, 3.8) is 0 Å². The molecule has 0 fully saturated rings. The van der Waals surface area contributed by atoms with Crippen molar-refractivity contribution in [1.82, 2.24) is 9.88 Å². The number of carbonyl (C=O) groups is 2. The van der Waals surface area contributed by atoms with E-state index in [1.54, 1.807) is 23.1 Å². The van der Waals surface area contributed by atoms with Gasteiger partial charge in [-0.05, 0) is 6.07 Å². The van der Waals surface area contributed by atoms with E-state index >= 15 is 0 Å². The average molecular weight is 298 g/mol. The molecule has 0 saturated heterocycles. The first-order valence-electron chi connectivity index (χ1n) is 6.91. The molecule has 0 spiro atoms. The topological polar surface area (TPSA) is 73.4 Å². The van der Waals surface area contributed by atoms with Crippen molar-refractivity contribution in [1.29, 1.82) is 0 Å². The van der Waals surface area contributed by atoms with Crippen molar-refractivity contribution in [2.45, 2.75) is 6.42 Å². The molecule has 0 saturated carbocycles. The van der Waals surface area contributed by atoms with Crippen LogP contribution < -0.4 is 0 Å². The third kappa shape index (κ3) is 3.09.